The van der Waals surface area contributed by atoms with Gasteiger partial charge >= 0.3 is 0 Å². The first-order chi connectivity index (χ1) is 9.98. The molecular formula is C16H26N2O2S. The summed E-state index contributed by atoms with van der Waals surface area (Å²) < 4.78 is 27.2. The highest BCUT2D eigenvalue weighted by Gasteiger charge is 2.28. The van der Waals surface area contributed by atoms with E-state index in [1.807, 2.05) is 19.2 Å². The molecule has 1 aliphatic rings. The molecule has 2 rings (SSSR count). The Morgan fingerprint density at radius 2 is 2.10 bits per heavy atom. The second kappa shape index (κ2) is 6.90. The molecule has 1 unspecified atom stereocenters. The van der Waals surface area contributed by atoms with Crippen molar-refractivity contribution in [2.75, 3.05) is 20.1 Å². The zero-order valence-corrected chi connectivity index (χ0v) is 14.0. The Bertz CT molecular complexity index is 584. The van der Waals surface area contributed by atoms with Crippen LogP contribution in [-0.2, 0) is 23.0 Å². The van der Waals surface area contributed by atoms with Gasteiger partial charge in [0.05, 0.1) is 4.90 Å². The minimum atomic E-state index is -3.36. The maximum Gasteiger partial charge on any atom is 0.243 e. The van der Waals surface area contributed by atoms with E-state index in [2.05, 4.69) is 19.2 Å². The maximum atomic E-state index is 12.8. The lowest BCUT2D eigenvalue weighted by atomic mass is 10.0. The van der Waals surface area contributed by atoms with E-state index in [9.17, 15) is 8.42 Å². The highest BCUT2D eigenvalue weighted by molar-refractivity contribution is 7.89. The molecule has 0 spiro atoms. The molecule has 1 aliphatic heterocycles. The highest BCUT2D eigenvalue weighted by Crippen LogP contribution is 2.25. The monoisotopic (exact) mass is 310 g/mol. The van der Waals surface area contributed by atoms with Crippen LogP contribution in [0.5, 0.6) is 0 Å². The van der Waals surface area contributed by atoms with Crippen molar-refractivity contribution in [3.8, 4) is 0 Å². The second-order valence-corrected chi connectivity index (χ2v) is 7.86. The number of nitrogens with one attached hydrogen (secondary N) is 1. The zero-order valence-electron chi connectivity index (χ0n) is 13.2. The molecule has 0 radical (unpaired) electrons. The van der Waals surface area contributed by atoms with Crippen LogP contribution in [0.15, 0.2) is 23.1 Å². The number of rotatable bonds is 5. The number of hydrogen-bond donors (Lipinski definition) is 1. The number of sulfonamides is 1. The van der Waals surface area contributed by atoms with Crippen LogP contribution in [0.2, 0.25) is 0 Å². The van der Waals surface area contributed by atoms with Gasteiger partial charge in [0.25, 0.3) is 0 Å². The molecule has 1 atom stereocenters. The molecule has 0 amide bonds. The Kier molecular flexibility index (Phi) is 5.41. The van der Waals surface area contributed by atoms with Crippen molar-refractivity contribution in [1.82, 2.24) is 9.62 Å². The van der Waals surface area contributed by atoms with E-state index in [1.165, 1.54) is 5.56 Å². The van der Waals surface area contributed by atoms with Crippen molar-refractivity contribution in [3.05, 3.63) is 29.3 Å². The van der Waals surface area contributed by atoms with Crippen LogP contribution in [0.4, 0.5) is 0 Å². The van der Waals surface area contributed by atoms with Crippen molar-refractivity contribution in [2.45, 2.75) is 44.6 Å². The second-order valence-electron chi connectivity index (χ2n) is 5.92. The molecule has 1 aromatic carbocycles. The summed E-state index contributed by atoms with van der Waals surface area (Å²) >= 11 is 0. The maximum absolute atomic E-state index is 12.8. The Morgan fingerprint density at radius 3 is 2.71 bits per heavy atom. The van der Waals surface area contributed by atoms with Gasteiger partial charge in [-0.15, -0.1) is 0 Å². The van der Waals surface area contributed by atoms with Gasteiger partial charge in [-0.25, -0.2) is 8.42 Å². The molecule has 5 heteroatoms. The summed E-state index contributed by atoms with van der Waals surface area (Å²) in [6.45, 7) is 6.19. The van der Waals surface area contributed by atoms with Crippen LogP contribution in [0, 0.1) is 5.92 Å². The molecule has 118 valence electrons. The van der Waals surface area contributed by atoms with Crippen LogP contribution < -0.4 is 5.32 Å². The van der Waals surface area contributed by atoms with E-state index >= 15 is 0 Å². The first-order valence-electron chi connectivity index (χ1n) is 7.75. The lowest BCUT2D eigenvalue weighted by Crippen LogP contribution is -2.39. The molecule has 1 heterocycles. The van der Waals surface area contributed by atoms with Gasteiger partial charge in [0.1, 0.15) is 0 Å². The number of aryl methyl sites for hydroxylation is 1. The van der Waals surface area contributed by atoms with Crippen LogP contribution in [0.25, 0.3) is 0 Å². The van der Waals surface area contributed by atoms with Crippen LogP contribution in [0.1, 0.15) is 37.8 Å². The van der Waals surface area contributed by atoms with Crippen molar-refractivity contribution in [2.24, 2.45) is 5.92 Å². The third-order valence-electron chi connectivity index (χ3n) is 4.18. The first kappa shape index (κ1) is 16.5. The number of hydrogen-bond acceptors (Lipinski definition) is 3. The Morgan fingerprint density at radius 1 is 1.33 bits per heavy atom. The topological polar surface area (TPSA) is 49.4 Å². The molecule has 0 aromatic heterocycles. The predicted molar refractivity (Wildman–Crippen MR) is 85.7 cm³/mol. The largest absolute Gasteiger partial charge is 0.316 e. The summed E-state index contributed by atoms with van der Waals surface area (Å²) in [5, 5.41) is 3.12. The molecular weight excluding hydrogens is 284 g/mol. The average Bonchev–Trinajstić information content (AvgIpc) is 2.47. The number of benzene rings is 1. The molecule has 4 nitrogen and oxygen atoms in total. The smallest absolute Gasteiger partial charge is 0.243 e. The summed E-state index contributed by atoms with van der Waals surface area (Å²) in [6, 6.07) is 5.55. The van der Waals surface area contributed by atoms with Gasteiger partial charge in [0, 0.05) is 19.6 Å². The summed E-state index contributed by atoms with van der Waals surface area (Å²) in [4.78, 5) is 0.430. The lowest BCUT2D eigenvalue weighted by molar-refractivity contribution is 0.281. The van der Waals surface area contributed by atoms with Crippen molar-refractivity contribution >= 4 is 10.0 Å². The van der Waals surface area contributed by atoms with Gasteiger partial charge in [-0.2, -0.15) is 4.31 Å². The summed E-state index contributed by atoms with van der Waals surface area (Å²) in [5.41, 5.74) is 2.28. The van der Waals surface area contributed by atoms with Gasteiger partial charge in [0.2, 0.25) is 10.0 Å². The Balaban J connectivity index is 2.33. The van der Waals surface area contributed by atoms with E-state index in [-0.39, 0.29) is 0 Å². The number of nitrogens with zero attached hydrogens (tertiary/aromatic N) is 1. The predicted octanol–water partition coefficient (Wildman–Crippen LogP) is 2.39. The van der Waals surface area contributed by atoms with E-state index in [4.69, 9.17) is 0 Å². The normalized spacial score (nSPS) is 20.6. The summed E-state index contributed by atoms with van der Waals surface area (Å²) in [7, 11) is -1.47. The van der Waals surface area contributed by atoms with Gasteiger partial charge < -0.3 is 5.32 Å². The third kappa shape index (κ3) is 3.65. The Labute approximate surface area is 128 Å². The van der Waals surface area contributed by atoms with Crippen molar-refractivity contribution in [1.29, 1.82) is 0 Å². The lowest BCUT2D eigenvalue weighted by Gasteiger charge is -2.30. The van der Waals surface area contributed by atoms with Crippen LogP contribution >= 0.6 is 0 Å². The van der Waals surface area contributed by atoms with Gasteiger partial charge in [-0.3, -0.25) is 0 Å². The van der Waals surface area contributed by atoms with Gasteiger partial charge in [0.15, 0.2) is 0 Å². The van der Waals surface area contributed by atoms with Gasteiger partial charge in [-0.1, -0.05) is 19.9 Å². The van der Waals surface area contributed by atoms with E-state index in [0.29, 0.717) is 30.4 Å². The molecule has 0 bridgehead atoms. The first-order valence-corrected chi connectivity index (χ1v) is 9.19. The molecule has 1 saturated heterocycles. The van der Waals surface area contributed by atoms with Gasteiger partial charge in [-0.05, 0) is 55.5 Å². The molecule has 21 heavy (non-hydrogen) atoms. The fourth-order valence-electron chi connectivity index (χ4n) is 2.98. The summed E-state index contributed by atoms with van der Waals surface area (Å²) in [5.74, 6) is 0.445. The Hall–Kier alpha value is -0.910. The average molecular weight is 310 g/mol. The third-order valence-corrected chi connectivity index (χ3v) is 6.04. The molecule has 0 saturated carbocycles. The minimum absolute atomic E-state index is 0.430. The van der Waals surface area contributed by atoms with E-state index in [0.717, 1.165) is 24.8 Å². The van der Waals surface area contributed by atoms with E-state index < -0.39 is 10.0 Å². The molecule has 1 aromatic rings. The highest BCUT2D eigenvalue weighted by atomic mass is 32.2. The van der Waals surface area contributed by atoms with Crippen molar-refractivity contribution < 1.29 is 8.42 Å². The fraction of sp³-hybridized carbons (Fsp3) is 0.625. The number of piperidine rings is 1. The minimum Gasteiger partial charge on any atom is -0.316 e. The molecule has 0 aliphatic carbocycles. The SMILES string of the molecule is CCc1ccc(S(=O)(=O)N2CCCC(C)C2)cc1CNC. The standard InChI is InChI=1S/C16H26N2O2S/c1-4-14-7-8-16(10-15(14)11-17-3)21(19,20)18-9-5-6-13(2)12-18/h7-8,10,13,17H,4-6,9,11-12H2,1-3H3. The van der Waals surface area contributed by atoms with Crippen LogP contribution in [-0.4, -0.2) is 32.9 Å². The molecule has 1 fully saturated rings. The quantitative estimate of drug-likeness (QED) is 0.908. The summed E-state index contributed by atoms with van der Waals surface area (Å²) in [6.07, 6.45) is 2.99. The fourth-order valence-corrected chi connectivity index (χ4v) is 4.63. The molecule has 1 N–H and O–H groups in total. The zero-order chi connectivity index (χ0) is 15.5. The van der Waals surface area contributed by atoms with E-state index in [1.54, 1.807) is 10.4 Å². The van der Waals surface area contributed by atoms with Crippen molar-refractivity contribution in [3.63, 3.8) is 0 Å². The van der Waals surface area contributed by atoms with Crippen LogP contribution in [0.3, 0.4) is 0 Å².